The molecule has 1 amide bonds. The van der Waals surface area contributed by atoms with Gasteiger partial charge in [-0.25, -0.2) is 4.39 Å². The van der Waals surface area contributed by atoms with Crippen LogP contribution < -0.4 is 10.6 Å². The zero-order chi connectivity index (χ0) is 18.7. The summed E-state index contributed by atoms with van der Waals surface area (Å²) >= 11 is 0. The molecule has 1 aromatic heterocycles. The number of halogens is 1. The van der Waals surface area contributed by atoms with Crippen molar-refractivity contribution in [1.82, 2.24) is 10.1 Å². The molecule has 0 spiro atoms. The minimum atomic E-state index is -0.308. The molecule has 0 radical (unpaired) electrons. The first-order valence-corrected chi connectivity index (χ1v) is 8.13. The van der Waals surface area contributed by atoms with Crippen LogP contribution in [0.15, 0.2) is 40.9 Å². The van der Waals surface area contributed by atoms with Crippen LogP contribution in [0.4, 0.5) is 15.8 Å². The molecule has 134 valence electrons. The Hall–Kier alpha value is -3.22. The van der Waals surface area contributed by atoms with Gasteiger partial charge in [-0.3, -0.25) is 4.79 Å². The number of carbonyl (C=O) groups excluding carboxylic acids is 1. The van der Waals surface area contributed by atoms with Crippen LogP contribution in [0.3, 0.4) is 0 Å². The predicted molar refractivity (Wildman–Crippen MR) is 97.2 cm³/mol. The maximum atomic E-state index is 13.7. The Labute approximate surface area is 150 Å². The normalized spacial score (nSPS) is 10.6. The highest BCUT2D eigenvalue weighted by Gasteiger charge is 2.11. The van der Waals surface area contributed by atoms with Crippen LogP contribution in [0.1, 0.15) is 23.9 Å². The smallest absolute Gasteiger partial charge is 0.246 e. The second-order valence-electron chi connectivity index (χ2n) is 6.04. The highest BCUT2D eigenvalue weighted by Crippen LogP contribution is 2.22. The number of hydrogen-bond donors (Lipinski definition) is 2. The molecule has 7 heteroatoms. The van der Waals surface area contributed by atoms with Gasteiger partial charge in [0, 0.05) is 23.9 Å². The minimum absolute atomic E-state index is 0.133. The second kappa shape index (κ2) is 7.35. The third-order valence-corrected chi connectivity index (χ3v) is 3.89. The van der Waals surface area contributed by atoms with Crippen LogP contribution in [-0.2, 0) is 11.3 Å². The molecule has 0 unspecified atom stereocenters. The maximum absolute atomic E-state index is 13.7. The largest absolute Gasteiger partial charge is 0.376 e. The van der Waals surface area contributed by atoms with E-state index < -0.39 is 0 Å². The molecule has 0 aliphatic heterocycles. The summed E-state index contributed by atoms with van der Waals surface area (Å²) < 4.78 is 18.9. The Morgan fingerprint density at radius 3 is 2.65 bits per heavy atom. The van der Waals surface area contributed by atoms with Gasteiger partial charge in [0.05, 0.1) is 6.54 Å². The maximum Gasteiger partial charge on any atom is 0.246 e. The van der Waals surface area contributed by atoms with Crippen LogP contribution in [0.2, 0.25) is 0 Å². The first-order chi connectivity index (χ1) is 12.4. The quantitative estimate of drug-likeness (QED) is 0.722. The average molecular weight is 354 g/mol. The molecule has 3 aromatic rings. The van der Waals surface area contributed by atoms with Crippen molar-refractivity contribution in [2.24, 2.45) is 0 Å². The lowest BCUT2D eigenvalue weighted by molar-refractivity contribution is -0.114. The molecular formula is C19H19FN4O2. The van der Waals surface area contributed by atoms with Gasteiger partial charge in [-0.1, -0.05) is 23.4 Å². The number of carbonyl (C=O) groups is 1. The molecule has 6 nitrogen and oxygen atoms in total. The number of nitrogens with zero attached hydrogens (tertiary/aromatic N) is 2. The summed E-state index contributed by atoms with van der Waals surface area (Å²) in [6.45, 7) is 5.42. The molecule has 0 atom stereocenters. The number of benzene rings is 2. The Morgan fingerprint density at radius 1 is 1.15 bits per heavy atom. The lowest BCUT2D eigenvalue weighted by atomic mass is 10.1. The van der Waals surface area contributed by atoms with E-state index in [2.05, 4.69) is 20.8 Å². The van der Waals surface area contributed by atoms with Crippen molar-refractivity contribution in [3.63, 3.8) is 0 Å². The summed E-state index contributed by atoms with van der Waals surface area (Å²) in [7, 11) is 0. The number of amides is 1. The first kappa shape index (κ1) is 17.6. The molecule has 0 saturated heterocycles. The minimum Gasteiger partial charge on any atom is -0.376 e. The Morgan fingerprint density at radius 2 is 1.92 bits per heavy atom. The van der Waals surface area contributed by atoms with Gasteiger partial charge in [-0.15, -0.1) is 0 Å². The molecule has 2 aromatic carbocycles. The number of nitrogens with one attached hydrogen (secondary N) is 2. The molecule has 26 heavy (non-hydrogen) atoms. The first-order valence-electron chi connectivity index (χ1n) is 8.13. The molecule has 3 rings (SSSR count). The fourth-order valence-electron chi connectivity index (χ4n) is 2.44. The molecule has 0 aliphatic rings. The van der Waals surface area contributed by atoms with Crippen LogP contribution in [0, 0.1) is 19.7 Å². The fraction of sp³-hybridized carbons (Fsp3) is 0.211. The van der Waals surface area contributed by atoms with E-state index in [1.807, 2.05) is 25.1 Å². The summed E-state index contributed by atoms with van der Waals surface area (Å²) in [5.41, 5.74) is 3.68. The van der Waals surface area contributed by atoms with Gasteiger partial charge >= 0.3 is 0 Å². The number of rotatable bonds is 5. The van der Waals surface area contributed by atoms with Gasteiger partial charge in [0.25, 0.3) is 0 Å². The molecular weight excluding hydrogens is 335 g/mol. The van der Waals surface area contributed by atoms with Crippen molar-refractivity contribution in [3.8, 4) is 11.4 Å². The van der Waals surface area contributed by atoms with E-state index in [4.69, 9.17) is 4.52 Å². The van der Waals surface area contributed by atoms with Crippen molar-refractivity contribution < 1.29 is 13.7 Å². The van der Waals surface area contributed by atoms with Gasteiger partial charge in [0.15, 0.2) is 0 Å². The Kier molecular flexibility index (Phi) is 4.97. The van der Waals surface area contributed by atoms with Gasteiger partial charge in [0.2, 0.25) is 17.6 Å². The molecule has 0 aliphatic carbocycles. The molecule has 0 bridgehead atoms. The molecule has 2 N–H and O–H groups in total. The van der Waals surface area contributed by atoms with Crippen LogP contribution in [-0.4, -0.2) is 16.0 Å². The number of aromatic nitrogens is 2. The van der Waals surface area contributed by atoms with Gasteiger partial charge in [0.1, 0.15) is 5.82 Å². The Balaban J connectivity index is 1.72. The van der Waals surface area contributed by atoms with Gasteiger partial charge in [-0.2, -0.15) is 4.98 Å². The zero-order valence-electron chi connectivity index (χ0n) is 14.8. The lowest BCUT2D eigenvalue weighted by Gasteiger charge is -2.10. The van der Waals surface area contributed by atoms with Crippen molar-refractivity contribution >= 4 is 17.3 Å². The monoisotopic (exact) mass is 354 g/mol. The van der Waals surface area contributed by atoms with Crippen molar-refractivity contribution in [3.05, 3.63) is 59.2 Å². The highest BCUT2D eigenvalue weighted by molar-refractivity contribution is 5.89. The Bertz CT molecular complexity index is 952. The predicted octanol–water partition coefficient (Wildman–Crippen LogP) is 4.06. The van der Waals surface area contributed by atoms with E-state index in [1.165, 1.54) is 13.0 Å². The second-order valence-corrected chi connectivity index (χ2v) is 6.04. The average Bonchev–Trinajstić information content (AvgIpc) is 3.06. The van der Waals surface area contributed by atoms with Crippen molar-refractivity contribution in [2.45, 2.75) is 27.3 Å². The molecule has 0 saturated carbocycles. The summed E-state index contributed by atoms with van der Waals surface area (Å²) in [6, 6.07) is 10.4. The zero-order valence-corrected chi connectivity index (χ0v) is 14.8. The molecule has 0 fully saturated rings. The van der Waals surface area contributed by atoms with Gasteiger partial charge in [-0.05, 0) is 43.2 Å². The lowest BCUT2D eigenvalue weighted by Crippen LogP contribution is -2.07. The standard InChI is InChI=1S/C19H19FN4O2/c1-11-4-6-14(8-16(11)20)19-23-18(26-24-19)10-21-17-9-15(22-13(3)25)7-5-12(17)2/h4-9,21H,10H2,1-3H3,(H,22,25). The fourth-order valence-corrected chi connectivity index (χ4v) is 2.44. The van der Waals surface area contributed by atoms with E-state index >= 15 is 0 Å². The summed E-state index contributed by atoms with van der Waals surface area (Å²) in [5.74, 6) is 0.277. The summed E-state index contributed by atoms with van der Waals surface area (Å²) in [4.78, 5) is 15.5. The van der Waals surface area contributed by atoms with Crippen molar-refractivity contribution in [2.75, 3.05) is 10.6 Å². The number of aryl methyl sites for hydroxylation is 2. The van der Waals surface area contributed by atoms with Crippen molar-refractivity contribution in [1.29, 1.82) is 0 Å². The summed E-state index contributed by atoms with van der Waals surface area (Å²) in [6.07, 6.45) is 0. The van der Waals surface area contributed by atoms with Crippen LogP contribution in [0.5, 0.6) is 0 Å². The summed E-state index contributed by atoms with van der Waals surface area (Å²) in [5, 5.41) is 9.85. The van der Waals surface area contributed by atoms with E-state index in [9.17, 15) is 9.18 Å². The third kappa shape index (κ3) is 4.05. The van der Waals surface area contributed by atoms with E-state index in [0.29, 0.717) is 35.1 Å². The van der Waals surface area contributed by atoms with E-state index in [0.717, 1.165) is 11.3 Å². The SMILES string of the molecule is CC(=O)Nc1ccc(C)c(NCc2nc(-c3ccc(C)c(F)c3)no2)c1. The number of anilines is 2. The third-order valence-electron chi connectivity index (χ3n) is 3.89. The van der Waals surface area contributed by atoms with E-state index in [1.54, 1.807) is 19.1 Å². The molecule has 1 heterocycles. The van der Waals surface area contributed by atoms with Crippen LogP contribution in [0.25, 0.3) is 11.4 Å². The van der Waals surface area contributed by atoms with E-state index in [-0.39, 0.29) is 11.7 Å². The van der Waals surface area contributed by atoms with Gasteiger partial charge < -0.3 is 15.2 Å². The highest BCUT2D eigenvalue weighted by atomic mass is 19.1. The topological polar surface area (TPSA) is 80.0 Å². The van der Waals surface area contributed by atoms with Crippen LogP contribution >= 0.6 is 0 Å². The number of hydrogen-bond acceptors (Lipinski definition) is 5.